The summed E-state index contributed by atoms with van der Waals surface area (Å²) in [6, 6.07) is 28.3. The number of hydrogen-bond acceptors (Lipinski definition) is 6. The number of anilines is 1. The molecule has 6 aliphatic rings. The minimum Gasteiger partial charge on any atom is -0.351 e. The fraction of sp³-hybridized carbons (Fsp3) is 0.211. The van der Waals surface area contributed by atoms with E-state index in [0.29, 0.717) is 5.92 Å². The monoisotopic (exact) mass is 835 g/mol. The number of nitrogens with zero attached hydrogens (tertiary/aromatic N) is 5. The zero-order valence-electron chi connectivity index (χ0n) is 36.6. The lowest BCUT2D eigenvalue weighted by Gasteiger charge is -2.45. The molecule has 0 spiro atoms. The van der Waals surface area contributed by atoms with Gasteiger partial charge in [-0.1, -0.05) is 141 Å². The van der Waals surface area contributed by atoms with E-state index in [1.165, 1.54) is 38.9 Å². The molecule has 2 aromatic heterocycles. The predicted molar refractivity (Wildman–Crippen MR) is 266 cm³/mol. The molecular formula is C57H53N7. The molecule has 11 rings (SSSR count). The van der Waals surface area contributed by atoms with Crippen LogP contribution in [0, 0.1) is 11.8 Å². The highest BCUT2D eigenvalue weighted by Gasteiger charge is 2.43. The maximum Gasteiger partial charge on any atom is 0.129 e. The van der Waals surface area contributed by atoms with Gasteiger partial charge in [0, 0.05) is 51.4 Å². The van der Waals surface area contributed by atoms with E-state index < -0.39 is 5.66 Å². The summed E-state index contributed by atoms with van der Waals surface area (Å²) in [5.41, 5.74) is 15.3. The average molecular weight is 836 g/mol. The average Bonchev–Trinajstić information content (AvgIpc) is 3.67. The van der Waals surface area contributed by atoms with Gasteiger partial charge in [0.1, 0.15) is 17.7 Å². The molecule has 5 aromatic rings. The molecular weight excluding hydrogens is 783 g/mol. The number of aromatic nitrogens is 2. The van der Waals surface area contributed by atoms with E-state index in [4.69, 9.17) is 21.5 Å². The highest BCUT2D eigenvalue weighted by atomic mass is 15.3. The van der Waals surface area contributed by atoms with Crippen LogP contribution in [0.2, 0.25) is 0 Å². The lowest BCUT2D eigenvalue weighted by molar-refractivity contribution is 0.270. The van der Waals surface area contributed by atoms with E-state index in [9.17, 15) is 0 Å². The number of pyridine rings is 1. The fourth-order valence-corrected chi connectivity index (χ4v) is 10.6. The fourth-order valence-electron chi connectivity index (χ4n) is 10.6. The Labute approximate surface area is 376 Å². The maximum atomic E-state index is 5.72. The topological polar surface area (TPSA) is 69.8 Å². The second-order valence-corrected chi connectivity index (χ2v) is 17.8. The van der Waals surface area contributed by atoms with Crippen molar-refractivity contribution in [1.29, 1.82) is 0 Å². The van der Waals surface area contributed by atoms with Crippen molar-refractivity contribution in [3.05, 3.63) is 215 Å². The molecule has 4 atom stereocenters. The standard InChI is InChI=1S/C57H53N7/c1-38-17-14-23-43(35-38)45-25-15-27-48(53(45)63-39(2)36-58-33-31-41-20-10-12-29-50(41)63)56-60-55(42-21-8-5-9-22-42)61-57(3,62-56)49-28-16-26-44(40-18-6-4-7-19-40)54(49)64-51-30-13-11-24-46(51)47-32-34-59-37-52(47)64/h5-6,8-12,14-26,28-29,31-34,36-38,48,55,61H,2,4,7,13,27,30,35H2,1,3H3,(H,60,62)/b33-31-,58-36?. The van der Waals surface area contributed by atoms with Gasteiger partial charge in [-0.05, 0) is 91.9 Å². The number of para-hydroxylation sites is 2. The molecule has 0 amide bonds. The van der Waals surface area contributed by atoms with Gasteiger partial charge in [-0.3, -0.25) is 15.3 Å². The summed E-state index contributed by atoms with van der Waals surface area (Å²) in [5, 5.41) is 9.53. The number of allylic oxidation sites excluding steroid dienone is 13. The lowest BCUT2D eigenvalue weighted by Crippen LogP contribution is -2.60. The number of benzene rings is 3. The lowest BCUT2D eigenvalue weighted by atomic mass is 9.81. The summed E-state index contributed by atoms with van der Waals surface area (Å²) in [6.45, 7) is 9.30. The van der Waals surface area contributed by atoms with Crippen LogP contribution in [0.5, 0.6) is 0 Å². The van der Waals surface area contributed by atoms with Crippen molar-refractivity contribution in [2.45, 2.75) is 64.2 Å². The molecule has 64 heavy (non-hydrogen) atoms. The van der Waals surface area contributed by atoms with Crippen LogP contribution in [0.15, 0.2) is 191 Å². The number of rotatable bonds is 7. The molecule has 0 saturated carbocycles. The number of nitrogens with one attached hydrogen (secondary N) is 2. The van der Waals surface area contributed by atoms with Gasteiger partial charge in [-0.2, -0.15) is 0 Å². The molecule has 0 fully saturated rings. The van der Waals surface area contributed by atoms with Gasteiger partial charge in [0.2, 0.25) is 0 Å². The van der Waals surface area contributed by atoms with E-state index >= 15 is 0 Å². The highest BCUT2D eigenvalue weighted by molar-refractivity contribution is 5.97. The van der Waals surface area contributed by atoms with E-state index in [1.807, 2.05) is 24.8 Å². The highest BCUT2D eigenvalue weighted by Crippen LogP contribution is 2.45. The van der Waals surface area contributed by atoms with Crippen molar-refractivity contribution in [2.75, 3.05) is 4.90 Å². The first-order valence-electron chi connectivity index (χ1n) is 22.8. The summed E-state index contributed by atoms with van der Waals surface area (Å²) < 4.78 is 2.53. The second kappa shape index (κ2) is 16.6. The zero-order chi connectivity index (χ0) is 43.2. The molecule has 7 heteroatoms. The quantitative estimate of drug-likeness (QED) is 0.171. The SMILES string of the molecule is C=C1C=N/C=C\c2ccccc2N1C1=C(C2=CC=CC(C)C2)C=CCC1C1=NC(c2ccccc2)NC(C)(c2cccc(C3=CCCC=C3)c2-n2c3c(c4ccncc42)C=CCC3)N1. The first kappa shape index (κ1) is 39.7. The van der Waals surface area contributed by atoms with E-state index in [-0.39, 0.29) is 12.1 Å². The van der Waals surface area contributed by atoms with Crippen LogP contribution in [0.4, 0.5) is 5.69 Å². The van der Waals surface area contributed by atoms with Crippen LogP contribution in [-0.4, -0.2) is 21.6 Å². The third kappa shape index (κ3) is 7.01. The summed E-state index contributed by atoms with van der Waals surface area (Å²) in [5.74, 6) is 1.17. The third-order valence-corrected chi connectivity index (χ3v) is 13.5. The number of fused-ring (bicyclic) bond motifs is 4. The molecule has 2 N–H and O–H groups in total. The van der Waals surface area contributed by atoms with E-state index in [2.05, 4.69) is 180 Å². The zero-order valence-corrected chi connectivity index (χ0v) is 36.6. The van der Waals surface area contributed by atoms with Gasteiger partial charge in [-0.15, -0.1) is 0 Å². The van der Waals surface area contributed by atoms with Crippen LogP contribution in [0.25, 0.3) is 34.3 Å². The van der Waals surface area contributed by atoms with Gasteiger partial charge < -0.3 is 14.8 Å². The molecule has 0 radical (unpaired) electrons. The van der Waals surface area contributed by atoms with E-state index in [1.54, 1.807) is 0 Å². The van der Waals surface area contributed by atoms with Crippen LogP contribution >= 0.6 is 0 Å². The Morgan fingerprint density at radius 2 is 1.75 bits per heavy atom. The number of hydrogen-bond donors (Lipinski definition) is 2. The Kier molecular flexibility index (Phi) is 10.3. The van der Waals surface area contributed by atoms with Gasteiger partial charge in [0.05, 0.1) is 40.9 Å². The van der Waals surface area contributed by atoms with Crippen LogP contribution in [0.1, 0.15) is 85.6 Å². The largest absolute Gasteiger partial charge is 0.351 e. The van der Waals surface area contributed by atoms with Crippen molar-refractivity contribution < 1.29 is 0 Å². The Bertz CT molecular complexity index is 3020. The Morgan fingerprint density at radius 3 is 2.62 bits per heavy atom. The molecule has 0 saturated heterocycles. The van der Waals surface area contributed by atoms with Crippen LogP contribution in [-0.2, 0) is 12.1 Å². The van der Waals surface area contributed by atoms with Crippen molar-refractivity contribution in [3.63, 3.8) is 0 Å². The summed E-state index contributed by atoms with van der Waals surface area (Å²) in [6.07, 6.45) is 38.2. The molecule has 4 aliphatic carbocycles. The van der Waals surface area contributed by atoms with Gasteiger partial charge in [0.15, 0.2) is 0 Å². The van der Waals surface area contributed by atoms with Crippen molar-refractivity contribution >= 4 is 46.4 Å². The first-order chi connectivity index (χ1) is 31.4. The van der Waals surface area contributed by atoms with Crippen LogP contribution in [0.3, 0.4) is 0 Å². The molecule has 2 aliphatic heterocycles. The van der Waals surface area contributed by atoms with Gasteiger partial charge >= 0.3 is 0 Å². The summed E-state index contributed by atoms with van der Waals surface area (Å²) in [7, 11) is 0. The Hall–Kier alpha value is -7.09. The van der Waals surface area contributed by atoms with Crippen molar-refractivity contribution in [2.24, 2.45) is 21.8 Å². The normalized spacial score (nSPS) is 24.3. The molecule has 0 bridgehead atoms. The maximum absolute atomic E-state index is 5.72. The number of amidine groups is 1. The number of aliphatic imine (C=N–C) groups is 2. The first-order valence-corrected chi connectivity index (χ1v) is 22.8. The second-order valence-electron chi connectivity index (χ2n) is 17.8. The van der Waals surface area contributed by atoms with E-state index in [0.717, 1.165) is 89.3 Å². The molecule has 4 heterocycles. The van der Waals surface area contributed by atoms with Gasteiger partial charge in [0.25, 0.3) is 0 Å². The minimum absolute atomic E-state index is 0.165. The molecule has 316 valence electrons. The molecule has 7 nitrogen and oxygen atoms in total. The minimum atomic E-state index is -0.804. The predicted octanol–water partition coefficient (Wildman–Crippen LogP) is 12.6. The third-order valence-electron chi connectivity index (χ3n) is 13.5. The van der Waals surface area contributed by atoms with Gasteiger partial charge in [-0.25, -0.2) is 4.99 Å². The summed E-state index contributed by atoms with van der Waals surface area (Å²) >= 11 is 0. The van der Waals surface area contributed by atoms with Crippen molar-refractivity contribution in [3.8, 4) is 5.69 Å². The smallest absolute Gasteiger partial charge is 0.129 e. The summed E-state index contributed by atoms with van der Waals surface area (Å²) in [4.78, 5) is 17.5. The Balaban J connectivity index is 1.15. The molecule has 4 unspecified atom stereocenters. The Morgan fingerprint density at radius 1 is 0.875 bits per heavy atom. The molecule has 3 aromatic carbocycles. The van der Waals surface area contributed by atoms with Crippen molar-refractivity contribution in [1.82, 2.24) is 20.2 Å². The van der Waals surface area contributed by atoms with Crippen LogP contribution < -0.4 is 15.5 Å².